The van der Waals surface area contributed by atoms with Crippen LogP contribution >= 0.6 is 0 Å². The Balaban J connectivity index is 1.70. The van der Waals surface area contributed by atoms with Crippen LogP contribution < -0.4 is 9.64 Å². The first-order chi connectivity index (χ1) is 13.3. The SMILES string of the molecule is CN1c2c(ccc3ccccc23)C(C)(C)[C@@]12C=Cc1cc([N+](=O)[O-])ccc1O2. The van der Waals surface area contributed by atoms with E-state index in [9.17, 15) is 10.1 Å². The van der Waals surface area contributed by atoms with Crippen LogP contribution in [0.15, 0.2) is 60.7 Å². The summed E-state index contributed by atoms with van der Waals surface area (Å²) >= 11 is 0. The molecule has 28 heavy (non-hydrogen) atoms. The molecule has 2 aliphatic rings. The van der Waals surface area contributed by atoms with Crippen LogP contribution in [0.2, 0.25) is 0 Å². The predicted molar refractivity (Wildman–Crippen MR) is 111 cm³/mol. The van der Waals surface area contributed by atoms with Crippen LogP contribution in [0.1, 0.15) is 25.0 Å². The molecule has 0 bridgehead atoms. The zero-order valence-corrected chi connectivity index (χ0v) is 16.0. The van der Waals surface area contributed by atoms with Gasteiger partial charge in [-0.15, -0.1) is 0 Å². The molecular weight excluding hydrogens is 352 g/mol. The van der Waals surface area contributed by atoms with E-state index in [0.717, 1.165) is 11.3 Å². The minimum absolute atomic E-state index is 0.0660. The lowest BCUT2D eigenvalue weighted by atomic mass is 9.76. The summed E-state index contributed by atoms with van der Waals surface area (Å²) in [6.45, 7) is 4.37. The largest absolute Gasteiger partial charge is 0.463 e. The maximum Gasteiger partial charge on any atom is 0.270 e. The third kappa shape index (κ3) is 1.96. The standard InChI is InChI=1S/C23H20N2O3/c1-22(2)19-10-8-15-6-4-5-7-18(15)21(19)24(3)23(22)13-12-16-14-17(25(26)27)9-11-20(16)28-23/h4-14H,1-3H3/t23-/m0/s1. The minimum atomic E-state index is -0.706. The maximum atomic E-state index is 11.1. The van der Waals surface area contributed by atoms with Gasteiger partial charge in [0.05, 0.1) is 16.0 Å². The second-order valence-corrected chi connectivity index (χ2v) is 7.98. The van der Waals surface area contributed by atoms with Gasteiger partial charge in [0.15, 0.2) is 0 Å². The van der Waals surface area contributed by atoms with Crippen LogP contribution in [0.3, 0.4) is 0 Å². The molecule has 1 atom stereocenters. The smallest absolute Gasteiger partial charge is 0.270 e. The molecule has 0 saturated heterocycles. The number of ether oxygens (including phenoxy) is 1. The highest BCUT2D eigenvalue weighted by Crippen LogP contribution is 2.56. The number of non-ortho nitro benzene ring substituents is 1. The van der Waals surface area contributed by atoms with Crippen molar-refractivity contribution in [2.45, 2.75) is 25.0 Å². The van der Waals surface area contributed by atoms with Gasteiger partial charge in [0, 0.05) is 30.1 Å². The second-order valence-electron chi connectivity index (χ2n) is 7.98. The van der Waals surface area contributed by atoms with Gasteiger partial charge in [-0.05, 0) is 43.0 Å². The highest BCUT2D eigenvalue weighted by atomic mass is 16.6. The summed E-state index contributed by atoms with van der Waals surface area (Å²) in [4.78, 5) is 12.9. The van der Waals surface area contributed by atoms with Gasteiger partial charge in [-0.1, -0.05) is 36.4 Å². The van der Waals surface area contributed by atoms with Gasteiger partial charge in [-0.25, -0.2) is 0 Å². The Morgan fingerprint density at radius 1 is 1.07 bits per heavy atom. The zero-order valence-electron chi connectivity index (χ0n) is 16.0. The van der Waals surface area contributed by atoms with E-state index in [1.807, 2.05) is 18.2 Å². The van der Waals surface area contributed by atoms with E-state index in [1.165, 1.54) is 22.4 Å². The van der Waals surface area contributed by atoms with Crippen molar-refractivity contribution < 1.29 is 9.66 Å². The summed E-state index contributed by atoms with van der Waals surface area (Å²) in [5.41, 5.74) is 2.16. The van der Waals surface area contributed by atoms with Crippen molar-refractivity contribution in [2.75, 3.05) is 11.9 Å². The molecule has 0 saturated carbocycles. The zero-order chi connectivity index (χ0) is 19.7. The van der Waals surface area contributed by atoms with Crippen molar-refractivity contribution in [3.8, 4) is 5.75 Å². The van der Waals surface area contributed by atoms with Gasteiger partial charge in [0.25, 0.3) is 5.69 Å². The van der Waals surface area contributed by atoms with Crippen LogP contribution in [0.5, 0.6) is 5.75 Å². The Bertz CT molecular complexity index is 1180. The number of hydrogen-bond acceptors (Lipinski definition) is 4. The fourth-order valence-corrected chi connectivity index (χ4v) is 4.69. The number of benzene rings is 3. The third-order valence-electron chi connectivity index (χ3n) is 6.26. The van der Waals surface area contributed by atoms with E-state index in [1.54, 1.807) is 12.1 Å². The van der Waals surface area contributed by atoms with E-state index in [4.69, 9.17) is 4.74 Å². The van der Waals surface area contributed by atoms with Crippen molar-refractivity contribution in [3.05, 3.63) is 81.9 Å². The molecule has 2 aliphatic heterocycles. The number of nitrogens with zero attached hydrogens (tertiary/aromatic N) is 2. The quantitative estimate of drug-likeness (QED) is 0.431. The average Bonchev–Trinajstić information content (AvgIpc) is 2.86. The van der Waals surface area contributed by atoms with Crippen molar-refractivity contribution in [1.82, 2.24) is 0 Å². The Morgan fingerprint density at radius 3 is 2.64 bits per heavy atom. The van der Waals surface area contributed by atoms with Crippen LogP contribution in [0.4, 0.5) is 11.4 Å². The second kappa shape index (κ2) is 5.35. The molecule has 140 valence electrons. The summed E-state index contributed by atoms with van der Waals surface area (Å²) in [5, 5.41) is 13.5. The molecule has 0 aromatic heterocycles. The van der Waals surface area contributed by atoms with Gasteiger partial charge in [0.1, 0.15) is 5.75 Å². The van der Waals surface area contributed by atoms with Gasteiger partial charge < -0.3 is 9.64 Å². The van der Waals surface area contributed by atoms with Crippen LogP contribution in [-0.2, 0) is 5.41 Å². The molecule has 2 heterocycles. The number of nitro benzene ring substituents is 1. The van der Waals surface area contributed by atoms with Crippen molar-refractivity contribution in [1.29, 1.82) is 0 Å². The highest BCUT2D eigenvalue weighted by molar-refractivity contribution is 5.98. The van der Waals surface area contributed by atoms with E-state index in [2.05, 4.69) is 56.1 Å². The van der Waals surface area contributed by atoms with E-state index >= 15 is 0 Å². The first-order valence-electron chi connectivity index (χ1n) is 9.28. The van der Waals surface area contributed by atoms with Crippen molar-refractivity contribution in [2.24, 2.45) is 0 Å². The Labute approximate surface area is 163 Å². The molecule has 0 amide bonds. The fraction of sp³-hybridized carbons (Fsp3) is 0.217. The Hall–Kier alpha value is -3.34. The molecular formula is C23H20N2O3. The Kier molecular flexibility index (Phi) is 3.21. The predicted octanol–water partition coefficient (Wildman–Crippen LogP) is 5.28. The fourth-order valence-electron chi connectivity index (χ4n) is 4.69. The number of nitro groups is 1. The van der Waals surface area contributed by atoms with Gasteiger partial charge in [0.2, 0.25) is 5.72 Å². The summed E-state index contributed by atoms with van der Waals surface area (Å²) in [6, 6.07) is 17.5. The van der Waals surface area contributed by atoms with Crippen molar-refractivity contribution in [3.63, 3.8) is 0 Å². The number of likely N-dealkylation sites (N-methyl/N-ethyl adjacent to an activating group) is 1. The highest BCUT2D eigenvalue weighted by Gasteiger charge is 2.58. The minimum Gasteiger partial charge on any atom is -0.463 e. The molecule has 5 nitrogen and oxygen atoms in total. The summed E-state index contributed by atoms with van der Waals surface area (Å²) in [7, 11) is 2.06. The number of rotatable bonds is 1. The summed E-state index contributed by atoms with van der Waals surface area (Å²) < 4.78 is 6.59. The molecule has 3 aromatic rings. The van der Waals surface area contributed by atoms with Gasteiger partial charge >= 0.3 is 0 Å². The normalized spacial score (nSPS) is 21.5. The van der Waals surface area contributed by atoms with Gasteiger partial charge in [-0.3, -0.25) is 10.1 Å². The molecule has 1 spiro atoms. The Morgan fingerprint density at radius 2 is 1.86 bits per heavy atom. The molecule has 0 radical (unpaired) electrons. The van der Waals surface area contributed by atoms with E-state index in [-0.39, 0.29) is 16.0 Å². The third-order valence-corrected chi connectivity index (χ3v) is 6.26. The lowest BCUT2D eigenvalue weighted by Gasteiger charge is -2.45. The molecule has 0 unspecified atom stereocenters. The number of anilines is 1. The summed E-state index contributed by atoms with van der Waals surface area (Å²) in [5.74, 6) is 0.658. The lowest BCUT2D eigenvalue weighted by molar-refractivity contribution is -0.384. The molecule has 3 aromatic carbocycles. The van der Waals surface area contributed by atoms with Gasteiger partial charge in [-0.2, -0.15) is 0 Å². The topological polar surface area (TPSA) is 55.6 Å². The molecule has 0 aliphatic carbocycles. The van der Waals surface area contributed by atoms with Crippen LogP contribution in [0, 0.1) is 10.1 Å². The van der Waals surface area contributed by atoms with E-state index < -0.39 is 5.72 Å². The van der Waals surface area contributed by atoms with Crippen LogP contribution in [0.25, 0.3) is 16.8 Å². The molecule has 5 rings (SSSR count). The molecule has 5 heteroatoms. The van der Waals surface area contributed by atoms with Crippen molar-refractivity contribution >= 4 is 28.2 Å². The molecule has 0 N–H and O–H groups in total. The lowest BCUT2D eigenvalue weighted by Crippen LogP contribution is -2.58. The first kappa shape index (κ1) is 16.8. The summed E-state index contributed by atoms with van der Waals surface area (Å²) in [6.07, 6.45) is 3.98. The number of fused-ring (bicyclic) bond motifs is 4. The molecule has 0 fully saturated rings. The van der Waals surface area contributed by atoms with Crippen LogP contribution in [-0.4, -0.2) is 17.7 Å². The average molecular weight is 372 g/mol. The van der Waals surface area contributed by atoms with E-state index in [0.29, 0.717) is 5.75 Å². The monoisotopic (exact) mass is 372 g/mol. The number of hydrogen-bond donors (Lipinski definition) is 0. The first-order valence-corrected chi connectivity index (χ1v) is 9.28. The maximum absolute atomic E-state index is 11.1.